The van der Waals surface area contributed by atoms with Gasteiger partial charge in [-0.3, -0.25) is 4.79 Å². The first-order chi connectivity index (χ1) is 6.49. The predicted molar refractivity (Wildman–Crippen MR) is 44.4 cm³/mol. The SMILES string of the molecule is CC(C)C(NS(=O)(=O)C(F)(F)F)C(=O)O. The van der Waals surface area contributed by atoms with Crippen LogP contribution in [0.25, 0.3) is 0 Å². The number of rotatable bonds is 4. The quantitative estimate of drug-likeness (QED) is 0.761. The van der Waals surface area contributed by atoms with Gasteiger partial charge in [-0.25, -0.2) is 8.42 Å². The van der Waals surface area contributed by atoms with Crippen LogP contribution < -0.4 is 4.72 Å². The van der Waals surface area contributed by atoms with Crippen molar-refractivity contribution < 1.29 is 31.5 Å². The Labute approximate surface area is 84.3 Å². The molecule has 90 valence electrons. The highest BCUT2D eigenvalue weighted by Crippen LogP contribution is 2.22. The van der Waals surface area contributed by atoms with Crippen LogP contribution in [0.4, 0.5) is 13.2 Å². The van der Waals surface area contributed by atoms with Crippen LogP contribution in [0.5, 0.6) is 0 Å². The van der Waals surface area contributed by atoms with Gasteiger partial charge in [0.15, 0.2) is 0 Å². The van der Waals surface area contributed by atoms with Crippen molar-refractivity contribution in [3.8, 4) is 0 Å². The second-order valence-electron chi connectivity index (χ2n) is 3.13. The molecule has 0 saturated heterocycles. The average molecular weight is 249 g/mol. The zero-order valence-electron chi connectivity index (χ0n) is 7.87. The molecule has 0 heterocycles. The lowest BCUT2D eigenvalue weighted by Gasteiger charge is -2.18. The molecule has 1 atom stereocenters. The number of carboxylic acid groups (broad SMARTS) is 1. The van der Waals surface area contributed by atoms with E-state index in [9.17, 15) is 26.4 Å². The smallest absolute Gasteiger partial charge is 0.480 e. The lowest BCUT2D eigenvalue weighted by atomic mass is 10.1. The molecule has 0 aliphatic carbocycles. The minimum atomic E-state index is -5.62. The second-order valence-corrected chi connectivity index (χ2v) is 4.83. The van der Waals surface area contributed by atoms with Gasteiger partial charge in [0.25, 0.3) is 0 Å². The summed E-state index contributed by atoms with van der Waals surface area (Å²) in [5.41, 5.74) is -5.50. The van der Waals surface area contributed by atoms with Crippen LogP contribution in [0.2, 0.25) is 0 Å². The minimum Gasteiger partial charge on any atom is -0.480 e. The summed E-state index contributed by atoms with van der Waals surface area (Å²) in [6.07, 6.45) is 0. The Bertz CT molecular complexity index is 335. The number of aliphatic carboxylic acids is 1. The number of alkyl halides is 3. The Balaban J connectivity index is 4.93. The van der Waals surface area contributed by atoms with E-state index in [-0.39, 0.29) is 0 Å². The molecule has 0 fully saturated rings. The zero-order valence-corrected chi connectivity index (χ0v) is 8.69. The van der Waals surface area contributed by atoms with Crippen LogP contribution >= 0.6 is 0 Å². The largest absolute Gasteiger partial charge is 0.511 e. The monoisotopic (exact) mass is 249 g/mol. The van der Waals surface area contributed by atoms with Gasteiger partial charge in [0.2, 0.25) is 0 Å². The van der Waals surface area contributed by atoms with Crippen molar-refractivity contribution in [1.82, 2.24) is 4.72 Å². The highest BCUT2D eigenvalue weighted by atomic mass is 32.2. The number of hydrogen-bond acceptors (Lipinski definition) is 3. The molecule has 0 radical (unpaired) electrons. The van der Waals surface area contributed by atoms with Gasteiger partial charge in [0, 0.05) is 0 Å². The van der Waals surface area contributed by atoms with Crippen molar-refractivity contribution in [3.63, 3.8) is 0 Å². The number of carbonyl (C=O) groups is 1. The molecule has 0 aliphatic rings. The van der Waals surface area contributed by atoms with Crippen LogP contribution in [0, 0.1) is 5.92 Å². The summed E-state index contributed by atoms with van der Waals surface area (Å²) in [5, 5.41) is 8.48. The summed E-state index contributed by atoms with van der Waals surface area (Å²) in [4.78, 5) is 10.5. The molecule has 5 nitrogen and oxygen atoms in total. The van der Waals surface area contributed by atoms with E-state index in [0.29, 0.717) is 0 Å². The van der Waals surface area contributed by atoms with Crippen molar-refractivity contribution in [2.75, 3.05) is 0 Å². The molecule has 0 amide bonds. The lowest BCUT2D eigenvalue weighted by molar-refractivity contribution is -0.140. The summed E-state index contributed by atoms with van der Waals surface area (Å²) in [6, 6.07) is -1.79. The molecule has 1 unspecified atom stereocenters. The van der Waals surface area contributed by atoms with E-state index in [2.05, 4.69) is 0 Å². The molecule has 0 aromatic heterocycles. The number of halogens is 3. The Morgan fingerprint density at radius 2 is 1.73 bits per heavy atom. The van der Waals surface area contributed by atoms with Crippen LogP contribution in [-0.4, -0.2) is 31.0 Å². The first-order valence-corrected chi connectivity index (χ1v) is 5.28. The van der Waals surface area contributed by atoms with Gasteiger partial charge in [0.05, 0.1) is 0 Å². The number of nitrogens with one attached hydrogen (secondary N) is 1. The highest BCUT2D eigenvalue weighted by molar-refractivity contribution is 7.90. The summed E-state index contributed by atoms with van der Waals surface area (Å²) < 4.78 is 57.9. The van der Waals surface area contributed by atoms with Crippen LogP contribution in [0.15, 0.2) is 0 Å². The Morgan fingerprint density at radius 1 is 1.33 bits per heavy atom. The molecule has 9 heteroatoms. The van der Waals surface area contributed by atoms with Crippen molar-refractivity contribution in [2.24, 2.45) is 5.92 Å². The summed E-state index contributed by atoms with van der Waals surface area (Å²) in [5.74, 6) is -2.45. The van der Waals surface area contributed by atoms with Crippen LogP contribution in [0.1, 0.15) is 13.8 Å². The van der Waals surface area contributed by atoms with E-state index >= 15 is 0 Å². The maximum atomic E-state index is 11.9. The van der Waals surface area contributed by atoms with E-state index in [4.69, 9.17) is 5.11 Å². The van der Waals surface area contributed by atoms with Gasteiger partial charge in [-0.1, -0.05) is 13.8 Å². The van der Waals surface area contributed by atoms with Gasteiger partial charge in [0.1, 0.15) is 6.04 Å². The number of sulfonamides is 1. The van der Waals surface area contributed by atoms with E-state index in [1.807, 2.05) is 0 Å². The van der Waals surface area contributed by atoms with Gasteiger partial charge >= 0.3 is 21.5 Å². The maximum Gasteiger partial charge on any atom is 0.511 e. The summed E-state index contributed by atoms with van der Waals surface area (Å²) in [6.45, 7) is 2.58. The van der Waals surface area contributed by atoms with E-state index in [1.54, 1.807) is 0 Å². The summed E-state index contributed by atoms with van der Waals surface area (Å²) in [7, 11) is -5.62. The van der Waals surface area contributed by atoms with Crippen molar-refractivity contribution in [1.29, 1.82) is 0 Å². The normalized spacial score (nSPS) is 15.3. The first-order valence-electron chi connectivity index (χ1n) is 3.80. The Kier molecular flexibility index (Phi) is 4.11. The minimum absolute atomic E-state index is 0.792. The van der Waals surface area contributed by atoms with E-state index in [0.717, 1.165) is 4.72 Å². The van der Waals surface area contributed by atoms with E-state index in [1.165, 1.54) is 13.8 Å². The molecule has 0 bridgehead atoms. The fourth-order valence-electron chi connectivity index (χ4n) is 0.706. The van der Waals surface area contributed by atoms with Gasteiger partial charge in [-0.15, -0.1) is 0 Å². The highest BCUT2D eigenvalue weighted by Gasteiger charge is 2.48. The third kappa shape index (κ3) is 3.67. The molecule has 15 heavy (non-hydrogen) atoms. The molecule has 0 spiro atoms. The van der Waals surface area contributed by atoms with Crippen LogP contribution in [0.3, 0.4) is 0 Å². The number of hydrogen-bond donors (Lipinski definition) is 2. The zero-order chi connectivity index (χ0) is 12.4. The maximum absolute atomic E-state index is 11.9. The fraction of sp³-hybridized carbons (Fsp3) is 0.833. The van der Waals surface area contributed by atoms with Gasteiger partial charge in [-0.2, -0.15) is 17.9 Å². The first kappa shape index (κ1) is 14.2. The van der Waals surface area contributed by atoms with Gasteiger partial charge < -0.3 is 5.11 Å². The summed E-state index contributed by atoms with van der Waals surface area (Å²) >= 11 is 0. The van der Waals surface area contributed by atoms with Crippen molar-refractivity contribution in [3.05, 3.63) is 0 Å². The average Bonchev–Trinajstić information content (AvgIpc) is 1.96. The van der Waals surface area contributed by atoms with E-state index < -0.39 is 33.5 Å². The molecule has 0 saturated carbocycles. The topological polar surface area (TPSA) is 83.5 Å². The van der Waals surface area contributed by atoms with Crippen LogP contribution in [-0.2, 0) is 14.8 Å². The Hall–Kier alpha value is -0.830. The number of carboxylic acids is 1. The molecule has 0 aromatic rings. The second kappa shape index (κ2) is 4.35. The molecular formula is C6H10F3NO4S. The van der Waals surface area contributed by atoms with Crippen molar-refractivity contribution >= 4 is 16.0 Å². The Morgan fingerprint density at radius 3 is 1.93 bits per heavy atom. The van der Waals surface area contributed by atoms with Gasteiger partial charge in [-0.05, 0) is 5.92 Å². The predicted octanol–water partition coefficient (Wildman–Crippen LogP) is 0.535. The lowest BCUT2D eigenvalue weighted by Crippen LogP contribution is -2.48. The fourth-order valence-corrected chi connectivity index (χ4v) is 1.55. The molecule has 0 aromatic carbocycles. The third-order valence-electron chi connectivity index (χ3n) is 1.52. The third-order valence-corrected chi connectivity index (χ3v) is 2.69. The molecule has 0 aliphatic heterocycles. The van der Waals surface area contributed by atoms with Crippen molar-refractivity contribution in [2.45, 2.75) is 25.4 Å². The molecule has 0 rings (SSSR count). The molecular weight excluding hydrogens is 239 g/mol. The molecule has 2 N–H and O–H groups in total. The standard InChI is InChI=1S/C6H10F3NO4S/c1-3(2)4(5(11)12)10-15(13,14)6(7,8)9/h3-4,10H,1-2H3,(H,11,12).